The van der Waals surface area contributed by atoms with Gasteiger partial charge < -0.3 is 4.74 Å². The van der Waals surface area contributed by atoms with Crippen LogP contribution in [0.2, 0.25) is 5.02 Å². The molecule has 0 radical (unpaired) electrons. The third kappa shape index (κ3) is 4.36. The second-order valence-electron chi connectivity index (χ2n) is 8.01. The molecule has 6 rings (SSSR count). The monoisotopic (exact) mass is 414 g/mol. The Morgan fingerprint density at radius 3 is 2.23 bits per heavy atom. The molecule has 1 aromatic heterocycles. The van der Waals surface area contributed by atoms with E-state index in [1.54, 1.807) is 0 Å². The van der Waals surface area contributed by atoms with Crippen LogP contribution in [0.15, 0.2) is 66.9 Å². The minimum atomic E-state index is 0.327. The molecule has 3 aromatic rings. The molecule has 30 heavy (non-hydrogen) atoms. The maximum atomic E-state index is 6.26. The molecular formula is C26H23ClN2O. The Kier molecular flexibility index (Phi) is 5.45. The minimum Gasteiger partial charge on any atom is -0.489 e. The molecule has 1 atom stereocenters. The first-order chi connectivity index (χ1) is 14.7. The topological polar surface area (TPSA) is 25.4 Å². The van der Waals surface area contributed by atoms with Crippen LogP contribution in [0.1, 0.15) is 24.1 Å². The second kappa shape index (κ2) is 8.52. The first-order valence-corrected chi connectivity index (χ1v) is 10.8. The largest absolute Gasteiger partial charge is 0.489 e. The lowest BCUT2D eigenvalue weighted by molar-refractivity contribution is -0.00775. The van der Waals surface area contributed by atoms with Crippen LogP contribution in [0, 0.1) is 17.8 Å². The van der Waals surface area contributed by atoms with E-state index in [0.717, 1.165) is 39.7 Å². The van der Waals surface area contributed by atoms with Gasteiger partial charge in [-0.2, -0.15) is 0 Å². The van der Waals surface area contributed by atoms with Crippen LogP contribution in [-0.4, -0.2) is 35.6 Å². The summed E-state index contributed by atoms with van der Waals surface area (Å²) in [6.45, 7) is 3.52. The molecule has 150 valence electrons. The van der Waals surface area contributed by atoms with Crippen molar-refractivity contribution in [3.05, 3.63) is 83.1 Å². The predicted molar refractivity (Wildman–Crippen MR) is 121 cm³/mol. The molecule has 3 saturated heterocycles. The SMILES string of the molecule is Clc1ccc(-c2ccc(C#Cc3ccc(OC4CN5CCC4CC5)cc3)nc2)cc1. The van der Waals surface area contributed by atoms with Crippen molar-refractivity contribution in [3.8, 4) is 28.7 Å². The lowest BCUT2D eigenvalue weighted by atomic mass is 9.86. The number of halogens is 1. The zero-order valence-electron chi connectivity index (χ0n) is 16.7. The van der Waals surface area contributed by atoms with Gasteiger partial charge in [0.05, 0.1) is 0 Å². The average molecular weight is 415 g/mol. The van der Waals surface area contributed by atoms with Gasteiger partial charge in [0, 0.05) is 28.9 Å². The van der Waals surface area contributed by atoms with E-state index in [4.69, 9.17) is 16.3 Å². The number of ether oxygens (including phenoxy) is 1. The number of nitrogens with zero attached hydrogens (tertiary/aromatic N) is 2. The highest BCUT2D eigenvalue weighted by atomic mass is 35.5. The van der Waals surface area contributed by atoms with Crippen LogP contribution in [0.5, 0.6) is 5.75 Å². The van der Waals surface area contributed by atoms with Gasteiger partial charge in [-0.25, -0.2) is 4.98 Å². The Bertz CT molecular complexity index is 1060. The Morgan fingerprint density at radius 1 is 0.867 bits per heavy atom. The summed E-state index contributed by atoms with van der Waals surface area (Å²) in [4.78, 5) is 6.98. The van der Waals surface area contributed by atoms with Crippen molar-refractivity contribution >= 4 is 11.6 Å². The number of pyridine rings is 1. The molecule has 0 aliphatic carbocycles. The molecule has 0 saturated carbocycles. The number of aromatic nitrogens is 1. The van der Waals surface area contributed by atoms with Gasteiger partial charge in [-0.15, -0.1) is 0 Å². The van der Waals surface area contributed by atoms with Crippen LogP contribution in [-0.2, 0) is 0 Å². The molecule has 0 amide bonds. The molecule has 3 aliphatic rings. The predicted octanol–water partition coefficient (Wildman–Crippen LogP) is 5.27. The highest BCUT2D eigenvalue weighted by molar-refractivity contribution is 6.30. The van der Waals surface area contributed by atoms with Gasteiger partial charge in [0.25, 0.3) is 0 Å². The first-order valence-electron chi connectivity index (χ1n) is 10.5. The Balaban J connectivity index is 1.23. The fourth-order valence-corrected chi connectivity index (χ4v) is 4.38. The van der Waals surface area contributed by atoms with Gasteiger partial charge in [-0.05, 0) is 85.8 Å². The van der Waals surface area contributed by atoms with Gasteiger partial charge >= 0.3 is 0 Å². The van der Waals surface area contributed by atoms with E-state index in [1.807, 2.05) is 66.9 Å². The standard InChI is InChI=1S/C26H23ClN2O/c27-23-7-4-20(5-8-23)22-6-10-24(28-17-22)9-1-19-2-11-25(12-3-19)30-26-18-29-15-13-21(26)14-16-29/h2-8,10-12,17,21,26H,13-16,18H2. The summed E-state index contributed by atoms with van der Waals surface area (Å²) < 4.78 is 6.26. The van der Waals surface area contributed by atoms with Crippen molar-refractivity contribution in [1.82, 2.24) is 9.88 Å². The molecule has 2 aromatic carbocycles. The van der Waals surface area contributed by atoms with E-state index in [-0.39, 0.29) is 0 Å². The molecular weight excluding hydrogens is 392 g/mol. The van der Waals surface area contributed by atoms with Crippen molar-refractivity contribution in [1.29, 1.82) is 0 Å². The fraction of sp³-hybridized carbons (Fsp3) is 0.269. The number of rotatable bonds is 3. The summed E-state index contributed by atoms with van der Waals surface area (Å²) in [6, 6.07) is 19.8. The Hall–Kier alpha value is -2.80. The quantitative estimate of drug-likeness (QED) is 0.545. The van der Waals surface area contributed by atoms with Crippen molar-refractivity contribution in [2.45, 2.75) is 18.9 Å². The molecule has 2 bridgehead atoms. The number of fused-ring (bicyclic) bond motifs is 3. The maximum Gasteiger partial charge on any atom is 0.119 e. The van der Waals surface area contributed by atoms with E-state index in [1.165, 1.54) is 25.9 Å². The van der Waals surface area contributed by atoms with Gasteiger partial charge in [-0.1, -0.05) is 35.7 Å². The minimum absolute atomic E-state index is 0.327. The van der Waals surface area contributed by atoms with Crippen LogP contribution >= 0.6 is 11.6 Å². The highest BCUT2D eigenvalue weighted by Gasteiger charge is 2.35. The summed E-state index contributed by atoms with van der Waals surface area (Å²) >= 11 is 5.95. The number of benzene rings is 2. The molecule has 4 heterocycles. The molecule has 3 nitrogen and oxygen atoms in total. The number of hydrogen-bond donors (Lipinski definition) is 0. The van der Waals surface area contributed by atoms with Gasteiger partial charge in [0.1, 0.15) is 17.5 Å². The summed E-state index contributed by atoms with van der Waals surface area (Å²) in [6.07, 6.45) is 4.70. The lowest BCUT2D eigenvalue weighted by Gasteiger charge is -2.44. The van der Waals surface area contributed by atoms with Crippen LogP contribution in [0.25, 0.3) is 11.1 Å². The van der Waals surface area contributed by atoms with E-state index in [0.29, 0.717) is 12.0 Å². The summed E-state index contributed by atoms with van der Waals surface area (Å²) in [5.74, 6) is 7.97. The third-order valence-corrected chi connectivity index (χ3v) is 6.27. The van der Waals surface area contributed by atoms with E-state index in [9.17, 15) is 0 Å². The van der Waals surface area contributed by atoms with Crippen LogP contribution in [0.3, 0.4) is 0 Å². The van der Waals surface area contributed by atoms with Gasteiger partial charge in [-0.3, -0.25) is 4.90 Å². The fourth-order valence-electron chi connectivity index (χ4n) is 4.25. The zero-order valence-corrected chi connectivity index (χ0v) is 17.5. The van der Waals surface area contributed by atoms with Gasteiger partial charge in [0.2, 0.25) is 0 Å². The smallest absolute Gasteiger partial charge is 0.119 e. The van der Waals surface area contributed by atoms with Crippen LogP contribution in [0.4, 0.5) is 0 Å². The van der Waals surface area contributed by atoms with E-state index >= 15 is 0 Å². The molecule has 0 spiro atoms. The average Bonchev–Trinajstić information content (AvgIpc) is 2.80. The van der Waals surface area contributed by atoms with Crippen molar-refractivity contribution in [3.63, 3.8) is 0 Å². The third-order valence-electron chi connectivity index (χ3n) is 6.01. The first kappa shape index (κ1) is 19.2. The summed E-state index contributed by atoms with van der Waals surface area (Å²) in [5.41, 5.74) is 3.84. The molecule has 4 heteroatoms. The van der Waals surface area contributed by atoms with Crippen molar-refractivity contribution in [2.75, 3.05) is 19.6 Å². The zero-order chi connectivity index (χ0) is 20.3. The Labute approximate surface area is 182 Å². The molecule has 1 unspecified atom stereocenters. The number of hydrogen-bond acceptors (Lipinski definition) is 3. The second-order valence-corrected chi connectivity index (χ2v) is 8.44. The van der Waals surface area contributed by atoms with Gasteiger partial charge in [0.15, 0.2) is 0 Å². The summed E-state index contributed by atoms with van der Waals surface area (Å²) in [7, 11) is 0. The molecule has 3 aliphatic heterocycles. The molecule has 3 fully saturated rings. The van der Waals surface area contributed by atoms with E-state index < -0.39 is 0 Å². The maximum absolute atomic E-state index is 6.26. The van der Waals surface area contributed by atoms with Crippen LogP contribution < -0.4 is 4.74 Å². The normalized spacial score (nSPS) is 22.2. The Morgan fingerprint density at radius 2 is 1.60 bits per heavy atom. The van der Waals surface area contributed by atoms with Crippen molar-refractivity contribution in [2.24, 2.45) is 5.92 Å². The van der Waals surface area contributed by atoms with E-state index in [2.05, 4.69) is 21.7 Å². The molecule has 0 N–H and O–H groups in total. The number of piperidine rings is 3. The highest BCUT2D eigenvalue weighted by Crippen LogP contribution is 2.30. The summed E-state index contributed by atoms with van der Waals surface area (Å²) in [5, 5.41) is 0.731. The van der Waals surface area contributed by atoms with Crippen molar-refractivity contribution < 1.29 is 4.74 Å². The lowest BCUT2D eigenvalue weighted by Crippen LogP contribution is -2.52.